The molecule has 0 bridgehead atoms. The number of fused-ring (bicyclic) bond motifs is 1. The summed E-state index contributed by atoms with van der Waals surface area (Å²) < 4.78 is 7.51. The average molecular weight is 438 g/mol. The van der Waals surface area contributed by atoms with Gasteiger partial charge in [0.05, 0.1) is 11.0 Å². The molecule has 9 heteroatoms. The van der Waals surface area contributed by atoms with Crippen LogP contribution in [0, 0.1) is 0 Å². The monoisotopic (exact) mass is 437 g/mol. The van der Waals surface area contributed by atoms with Crippen molar-refractivity contribution < 1.29 is 9.53 Å². The van der Waals surface area contributed by atoms with Crippen molar-refractivity contribution in [2.45, 2.75) is 45.4 Å². The molecule has 2 unspecified atom stereocenters. The Labute approximate surface area is 188 Å². The first-order chi connectivity index (χ1) is 15.2. The van der Waals surface area contributed by atoms with Crippen molar-refractivity contribution >= 4 is 23.1 Å². The quantitative estimate of drug-likeness (QED) is 0.671. The number of aromatic nitrogens is 4. The molecule has 3 heterocycles. The predicted octanol–water partition coefficient (Wildman–Crippen LogP) is 3.17. The third kappa shape index (κ3) is 4.83. The molecule has 32 heavy (non-hydrogen) atoms. The van der Waals surface area contributed by atoms with E-state index in [4.69, 9.17) is 9.72 Å². The summed E-state index contributed by atoms with van der Waals surface area (Å²) in [5.74, 6) is 1.28. The highest BCUT2D eigenvalue weighted by Gasteiger charge is 2.33. The number of hydrogen-bond acceptors (Lipinski definition) is 7. The van der Waals surface area contributed by atoms with Crippen LogP contribution in [0.5, 0.6) is 0 Å². The molecule has 0 radical (unpaired) electrons. The SMILES string of the molecule is CC(Nc1nccc(-n2cnc3ccccc32)n1)C1CN(C(=O)OC(C)(C)C)CCN1C. The molecule has 1 aliphatic heterocycles. The van der Waals surface area contributed by atoms with Gasteiger partial charge >= 0.3 is 6.09 Å². The molecule has 1 fully saturated rings. The van der Waals surface area contributed by atoms with Gasteiger partial charge in [0, 0.05) is 37.9 Å². The van der Waals surface area contributed by atoms with Gasteiger partial charge in [0.15, 0.2) is 0 Å². The fraction of sp³-hybridized carbons (Fsp3) is 0.478. The number of carbonyl (C=O) groups excluding carboxylic acids is 1. The molecule has 3 aromatic rings. The van der Waals surface area contributed by atoms with Gasteiger partial charge in [-0.1, -0.05) is 12.1 Å². The number of nitrogens with zero attached hydrogens (tertiary/aromatic N) is 6. The van der Waals surface area contributed by atoms with E-state index in [0.29, 0.717) is 19.0 Å². The molecule has 0 saturated carbocycles. The van der Waals surface area contributed by atoms with Crippen LogP contribution in [0.1, 0.15) is 27.7 Å². The molecule has 1 amide bonds. The number of nitrogens with one attached hydrogen (secondary N) is 1. The predicted molar refractivity (Wildman–Crippen MR) is 124 cm³/mol. The summed E-state index contributed by atoms with van der Waals surface area (Å²) >= 11 is 0. The third-order valence-corrected chi connectivity index (χ3v) is 5.62. The second-order valence-electron chi connectivity index (χ2n) is 9.25. The van der Waals surface area contributed by atoms with Crippen molar-refractivity contribution in [1.82, 2.24) is 29.3 Å². The molecule has 1 aromatic carbocycles. The number of benzene rings is 1. The molecule has 9 nitrogen and oxygen atoms in total. The molecule has 1 saturated heterocycles. The van der Waals surface area contributed by atoms with Crippen LogP contribution in [-0.4, -0.2) is 79.8 Å². The Morgan fingerprint density at radius 2 is 1.97 bits per heavy atom. The van der Waals surface area contributed by atoms with Crippen LogP contribution in [0.4, 0.5) is 10.7 Å². The number of likely N-dealkylation sites (N-methyl/N-ethyl adjacent to an activating group) is 1. The van der Waals surface area contributed by atoms with E-state index in [1.165, 1.54) is 0 Å². The minimum atomic E-state index is -0.508. The van der Waals surface area contributed by atoms with Crippen LogP contribution >= 0.6 is 0 Å². The highest BCUT2D eigenvalue weighted by atomic mass is 16.6. The molecular formula is C23H31N7O2. The van der Waals surface area contributed by atoms with Crippen LogP contribution in [0.15, 0.2) is 42.9 Å². The summed E-state index contributed by atoms with van der Waals surface area (Å²) in [6.07, 6.45) is 3.24. The molecule has 2 aromatic heterocycles. The molecular weight excluding hydrogens is 406 g/mol. The van der Waals surface area contributed by atoms with Crippen LogP contribution in [0.2, 0.25) is 0 Å². The minimum Gasteiger partial charge on any atom is -0.444 e. The molecule has 0 spiro atoms. The van der Waals surface area contributed by atoms with Crippen LogP contribution in [0.3, 0.4) is 0 Å². The zero-order chi connectivity index (χ0) is 22.9. The molecule has 1 N–H and O–H groups in total. The van der Waals surface area contributed by atoms with E-state index in [9.17, 15) is 4.79 Å². The maximum absolute atomic E-state index is 12.6. The zero-order valence-corrected chi connectivity index (χ0v) is 19.3. The number of ether oxygens (including phenoxy) is 1. The van der Waals surface area contributed by atoms with E-state index >= 15 is 0 Å². The highest BCUT2D eigenvalue weighted by molar-refractivity contribution is 5.76. The fourth-order valence-electron chi connectivity index (χ4n) is 3.93. The van der Waals surface area contributed by atoms with Gasteiger partial charge in [-0.25, -0.2) is 14.8 Å². The Bertz CT molecular complexity index is 1090. The first kappa shape index (κ1) is 22.0. The molecule has 170 valence electrons. The van der Waals surface area contributed by atoms with Crippen molar-refractivity contribution in [2.24, 2.45) is 0 Å². The molecule has 0 aliphatic carbocycles. The minimum absolute atomic E-state index is 0.0139. The summed E-state index contributed by atoms with van der Waals surface area (Å²) in [4.78, 5) is 30.2. The smallest absolute Gasteiger partial charge is 0.410 e. The lowest BCUT2D eigenvalue weighted by atomic mass is 10.1. The normalized spacial score (nSPS) is 18.5. The van der Waals surface area contributed by atoms with Gasteiger partial charge < -0.3 is 15.0 Å². The van der Waals surface area contributed by atoms with Crippen molar-refractivity contribution in [2.75, 3.05) is 32.0 Å². The Morgan fingerprint density at radius 3 is 2.75 bits per heavy atom. The maximum Gasteiger partial charge on any atom is 0.410 e. The van der Waals surface area contributed by atoms with Gasteiger partial charge in [-0.2, -0.15) is 4.98 Å². The van der Waals surface area contributed by atoms with Gasteiger partial charge in [0.2, 0.25) is 5.95 Å². The van der Waals surface area contributed by atoms with E-state index in [1.807, 2.05) is 55.7 Å². The lowest BCUT2D eigenvalue weighted by molar-refractivity contribution is 0.00627. The Balaban J connectivity index is 1.48. The topological polar surface area (TPSA) is 88.4 Å². The lowest BCUT2D eigenvalue weighted by Crippen LogP contribution is -2.58. The second-order valence-corrected chi connectivity index (χ2v) is 9.25. The van der Waals surface area contributed by atoms with E-state index in [0.717, 1.165) is 23.4 Å². The standard InChI is InChI=1S/C23H31N7O2/c1-16(19-14-29(13-12-28(19)5)22(31)32-23(2,3)4)26-21-24-11-10-20(27-21)30-15-25-17-8-6-7-9-18(17)30/h6-11,15-16,19H,12-14H2,1-5H3,(H,24,26,27). The Kier molecular flexibility index (Phi) is 6.01. The number of imidazole rings is 1. The number of rotatable bonds is 4. The first-order valence-corrected chi connectivity index (χ1v) is 10.9. The van der Waals surface area contributed by atoms with Gasteiger partial charge in [0.25, 0.3) is 0 Å². The third-order valence-electron chi connectivity index (χ3n) is 5.62. The van der Waals surface area contributed by atoms with Gasteiger partial charge in [-0.15, -0.1) is 0 Å². The molecule has 2 atom stereocenters. The Morgan fingerprint density at radius 1 is 1.19 bits per heavy atom. The number of anilines is 1. The van der Waals surface area contributed by atoms with E-state index < -0.39 is 5.60 Å². The summed E-state index contributed by atoms with van der Waals surface area (Å²) in [7, 11) is 2.07. The number of amides is 1. The Hall–Kier alpha value is -3.20. The summed E-state index contributed by atoms with van der Waals surface area (Å²) in [6.45, 7) is 9.74. The van der Waals surface area contributed by atoms with E-state index in [1.54, 1.807) is 17.4 Å². The first-order valence-electron chi connectivity index (χ1n) is 10.9. The van der Waals surface area contributed by atoms with E-state index in [2.05, 4.69) is 34.2 Å². The lowest BCUT2D eigenvalue weighted by Gasteiger charge is -2.42. The molecule has 1 aliphatic rings. The molecule has 4 rings (SSSR count). The van der Waals surface area contributed by atoms with Crippen molar-refractivity contribution in [3.05, 3.63) is 42.9 Å². The van der Waals surface area contributed by atoms with Gasteiger partial charge in [-0.05, 0) is 52.9 Å². The van der Waals surface area contributed by atoms with Crippen molar-refractivity contribution in [1.29, 1.82) is 0 Å². The van der Waals surface area contributed by atoms with Gasteiger partial charge in [-0.3, -0.25) is 9.47 Å². The number of hydrogen-bond donors (Lipinski definition) is 1. The fourth-order valence-corrected chi connectivity index (χ4v) is 3.93. The van der Waals surface area contributed by atoms with E-state index in [-0.39, 0.29) is 18.2 Å². The average Bonchev–Trinajstić information content (AvgIpc) is 3.17. The second kappa shape index (κ2) is 8.74. The summed E-state index contributed by atoms with van der Waals surface area (Å²) in [6, 6.07) is 9.92. The van der Waals surface area contributed by atoms with Crippen LogP contribution in [-0.2, 0) is 4.74 Å². The zero-order valence-electron chi connectivity index (χ0n) is 19.3. The van der Waals surface area contributed by atoms with Crippen LogP contribution < -0.4 is 5.32 Å². The highest BCUT2D eigenvalue weighted by Crippen LogP contribution is 2.19. The number of carbonyl (C=O) groups is 1. The number of para-hydroxylation sites is 2. The summed E-state index contributed by atoms with van der Waals surface area (Å²) in [5.41, 5.74) is 1.40. The maximum atomic E-state index is 12.6. The largest absolute Gasteiger partial charge is 0.444 e. The van der Waals surface area contributed by atoms with Crippen molar-refractivity contribution in [3.63, 3.8) is 0 Å². The summed E-state index contributed by atoms with van der Waals surface area (Å²) in [5, 5.41) is 3.42. The van der Waals surface area contributed by atoms with Gasteiger partial charge in [0.1, 0.15) is 17.7 Å². The number of piperazine rings is 1. The van der Waals surface area contributed by atoms with Crippen LogP contribution in [0.25, 0.3) is 16.9 Å². The van der Waals surface area contributed by atoms with Crippen molar-refractivity contribution in [3.8, 4) is 5.82 Å².